The van der Waals surface area contributed by atoms with Crippen molar-refractivity contribution in [1.82, 2.24) is 9.97 Å². The van der Waals surface area contributed by atoms with Gasteiger partial charge in [-0.2, -0.15) is 0 Å². The first kappa shape index (κ1) is 13.7. The summed E-state index contributed by atoms with van der Waals surface area (Å²) < 4.78 is 5.04. The zero-order valence-electron chi connectivity index (χ0n) is 10.9. The molecule has 0 atom stereocenters. The number of likely N-dealkylation sites (N-methyl/N-ethyl adjacent to an activating group) is 1. The Balaban J connectivity index is 2.93. The highest BCUT2D eigenvalue weighted by Gasteiger charge is 2.10. The summed E-state index contributed by atoms with van der Waals surface area (Å²) in [6, 6.07) is 1.82. The zero-order chi connectivity index (χ0) is 12.8. The third-order valence-electron chi connectivity index (χ3n) is 2.42. The van der Waals surface area contributed by atoms with Crippen LogP contribution in [0, 0.1) is 0 Å². The van der Waals surface area contributed by atoms with Gasteiger partial charge in [-0.15, -0.1) is 0 Å². The van der Waals surface area contributed by atoms with Gasteiger partial charge >= 0.3 is 0 Å². The third-order valence-corrected chi connectivity index (χ3v) is 2.42. The fraction of sp³-hybridized carbons (Fsp3) is 0.636. The fourth-order valence-electron chi connectivity index (χ4n) is 1.32. The molecule has 1 aromatic rings. The van der Waals surface area contributed by atoms with Crippen LogP contribution in [0.25, 0.3) is 0 Å². The second kappa shape index (κ2) is 6.36. The standard InChI is InChI=1S/C11H21N5O/c1-8(2)11-13-9(15-12)7-10(14-11)16(3)5-6-17-4/h7-8H,5-6,12H2,1-4H3,(H,13,14,15). The quantitative estimate of drug-likeness (QED) is 0.569. The topological polar surface area (TPSA) is 76.3 Å². The molecule has 17 heavy (non-hydrogen) atoms. The van der Waals surface area contributed by atoms with Crippen molar-refractivity contribution < 1.29 is 4.74 Å². The van der Waals surface area contributed by atoms with Crippen molar-refractivity contribution in [2.24, 2.45) is 5.84 Å². The summed E-state index contributed by atoms with van der Waals surface area (Å²) >= 11 is 0. The Kier molecular flexibility index (Phi) is 5.11. The van der Waals surface area contributed by atoms with Gasteiger partial charge in [0.2, 0.25) is 0 Å². The molecule has 0 saturated carbocycles. The van der Waals surface area contributed by atoms with Gasteiger partial charge in [0.1, 0.15) is 17.5 Å². The van der Waals surface area contributed by atoms with E-state index in [9.17, 15) is 0 Å². The number of hydrogen-bond donors (Lipinski definition) is 2. The number of nitrogens with two attached hydrogens (primary N) is 1. The van der Waals surface area contributed by atoms with Gasteiger partial charge in [0.05, 0.1) is 6.61 Å². The summed E-state index contributed by atoms with van der Waals surface area (Å²) in [4.78, 5) is 10.8. The second-order valence-electron chi connectivity index (χ2n) is 4.18. The Morgan fingerprint density at radius 1 is 1.47 bits per heavy atom. The van der Waals surface area contributed by atoms with E-state index in [4.69, 9.17) is 10.6 Å². The van der Waals surface area contributed by atoms with Crippen LogP contribution in [0.3, 0.4) is 0 Å². The summed E-state index contributed by atoms with van der Waals surface area (Å²) in [7, 11) is 3.64. The van der Waals surface area contributed by atoms with Crippen molar-refractivity contribution >= 4 is 11.6 Å². The SMILES string of the molecule is COCCN(C)c1cc(NN)nc(C(C)C)n1. The van der Waals surface area contributed by atoms with Crippen molar-refractivity contribution in [2.45, 2.75) is 19.8 Å². The largest absolute Gasteiger partial charge is 0.383 e. The van der Waals surface area contributed by atoms with E-state index < -0.39 is 0 Å². The first-order valence-electron chi connectivity index (χ1n) is 5.64. The van der Waals surface area contributed by atoms with Gasteiger partial charge in [-0.25, -0.2) is 15.8 Å². The smallest absolute Gasteiger partial charge is 0.145 e. The molecule has 0 bridgehead atoms. The monoisotopic (exact) mass is 239 g/mol. The lowest BCUT2D eigenvalue weighted by Gasteiger charge is -2.19. The summed E-state index contributed by atoms with van der Waals surface area (Å²) in [6.07, 6.45) is 0. The zero-order valence-corrected chi connectivity index (χ0v) is 10.9. The van der Waals surface area contributed by atoms with Crippen LogP contribution in [0.5, 0.6) is 0 Å². The predicted octanol–water partition coefficient (Wildman–Crippen LogP) is 0.968. The van der Waals surface area contributed by atoms with Crippen LogP contribution >= 0.6 is 0 Å². The summed E-state index contributed by atoms with van der Waals surface area (Å²) in [6.45, 7) is 5.53. The van der Waals surface area contributed by atoms with Gasteiger partial charge in [-0.3, -0.25) is 0 Å². The lowest BCUT2D eigenvalue weighted by atomic mass is 10.2. The molecule has 6 nitrogen and oxygen atoms in total. The van der Waals surface area contributed by atoms with Gasteiger partial charge < -0.3 is 15.1 Å². The molecule has 0 aliphatic heterocycles. The number of nitrogens with one attached hydrogen (secondary N) is 1. The number of aromatic nitrogens is 2. The van der Waals surface area contributed by atoms with E-state index in [1.165, 1.54) is 0 Å². The lowest BCUT2D eigenvalue weighted by molar-refractivity contribution is 0.206. The number of rotatable bonds is 6. The second-order valence-corrected chi connectivity index (χ2v) is 4.18. The van der Waals surface area contributed by atoms with Crippen molar-refractivity contribution in [2.75, 3.05) is 37.6 Å². The van der Waals surface area contributed by atoms with Gasteiger partial charge in [0.15, 0.2) is 0 Å². The highest BCUT2D eigenvalue weighted by Crippen LogP contribution is 2.18. The molecule has 0 aliphatic carbocycles. The van der Waals surface area contributed by atoms with Gasteiger partial charge in [-0.05, 0) is 0 Å². The van der Waals surface area contributed by atoms with Gasteiger partial charge in [0.25, 0.3) is 0 Å². The molecular weight excluding hydrogens is 218 g/mol. The van der Waals surface area contributed by atoms with Crippen molar-refractivity contribution in [1.29, 1.82) is 0 Å². The Morgan fingerprint density at radius 3 is 2.71 bits per heavy atom. The normalized spacial score (nSPS) is 10.7. The first-order valence-corrected chi connectivity index (χ1v) is 5.64. The van der Waals surface area contributed by atoms with Crippen molar-refractivity contribution in [3.8, 4) is 0 Å². The number of hydrazine groups is 1. The summed E-state index contributed by atoms with van der Waals surface area (Å²) in [5.74, 6) is 7.91. The molecule has 0 spiro atoms. The maximum atomic E-state index is 5.40. The molecule has 0 aromatic carbocycles. The molecule has 1 rings (SSSR count). The molecule has 3 N–H and O–H groups in total. The van der Waals surface area contributed by atoms with Crippen LogP contribution in [0.1, 0.15) is 25.6 Å². The Bertz CT molecular complexity index is 356. The number of ether oxygens (including phenoxy) is 1. The molecule has 6 heteroatoms. The van der Waals surface area contributed by atoms with Crippen LogP contribution in [0.15, 0.2) is 6.07 Å². The average molecular weight is 239 g/mol. The fourth-order valence-corrected chi connectivity index (χ4v) is 1.32. The molecule has 0 radical (unpaired) electrons. The lowest BCUT2D eigenvalue weighted by Crippen LogP contribution is -2.24. The third kappa shape index (κ3) is 3.83. The maximum Gasteiger partial charge on any atom is 0.145 e. The molecule has 96 valence electrons. The van der Waals surface area contributed by atoms with Gasteiger partial charge in [0, 0.05) is 32.7 Å². The minimum absolute atomic E-state index is 0.262. The number of nitrogen functional groups attached to an aromatic ring is 1. The number of nitrogens with zero attached hydrogens (tertiary/aromatic N) is 3. The molecular formula is C11H21N5O. The first-order chi connectivity index (χ1) is 8.08. The van der Waals surface area contributed by atoms with E-state index in [-0.39, 0.29) is 5.92 Å². The summed E-state index contributed by atoms with van der Waals surface area (Å²) in [5, 5.41) is 0. The van der Waals surface area contributed by atoms with Crippen molar-refractivity contribution in [3.63, 3.8) is 0 Å². The number of methoxy groups -OCH3 is 1. The minimum atomic E-state index is 0.262. The number of hydrogen-bond acceptors (Lipinski definition) is 6. The molecule has 1 aromatic heterocycles. The van der Waals surface area contributed by atoms with Crippen molar-refractivity contribution in [3.05, 3.63) is 11.9 Å². The molecule has 0 aliphatic rings. The number of anilines is 2. The molecule has 0 fully saturated rings. The van der Waals surface area contributed by atoms with E-state index >= 15 is 0 Å². The molecule has 0 saturated heterocycles. The van der Waals surface area contributed by atoms with Crippen LogP contribution in [0.4, 0.5) is 11.6 Å². The average Bonchev–Trinajstić information content (AvgIpc) is 2.35. The van der Waals surface area contributed by atoms with E-state index in [0.717, 1.165) is 18.2 Å². The van der Waals surface area contributed by atoms with Crippen LogP contribution in [0.2, 0.25) is 0 Å². The highest BCUT2D eigenvalue weighted by atomic mass is 16.5. The van der Waals surface area contributed by atoms with E-state index in [1.807, 2.05) is 18.0 Å². The maximum absolute atomic E-state index is 5.40. The molecule has 0 unspecified atom stereocenters. The van der Waals surface area contributed by atoms with Crippen LogP contribution in [-0.4, -0.2) is 37.3 Å². The van der Waals surface area contributed by atoms with Crippen LogP contribution in [-0.2, 0) is 4.74 Å². The van der Waals surface area contributed by atoms with Gasteiger partial charge in [-0.1, -0.05) is 13.8 Å². The molecule has 1 heterocycles. The van der Waals surface area contributed by atoms with E-state index in [2.05, 4.69) is 29.2 Å². The minimum Gasteiger partial charge on any atom is -0.383 e. The summed E-state index contributed by atoms with van der Waals surface area (Å²) in [5.41, 5.74) is 2.56. The highest BCUT2D eigenvalue weighted by molar-refractivity contribution is 5.48. The van der Waals surface area contributed by atoms with Crippen LogP contribution < -0.4 is 16.2 Å². The van der Waals surface area contributed by atoms with E-state index in [1.54, 1.807) is 7.11 Å². The van der Waals surface area contributed by atoms with E-state index in [0.29, 0.717) is 12.4 Å². The molecule has 0 amide bonds. The Hall–Kier alpha value is -1.40. The predicted molar refractivity (Wildman–Crippen MR) is 69.1 cm³/mol. The Morgan fingerprint density at radius 2 is 2.18 bits per heavy atom. The Labute approximate surface area is 102 Å².